The summed E-state index contributed by atoms with van der Waals surface area (Å²) in [7, 11) is 0. The molecule has 1 saturated heterocycles. The Morgan fingerprint density at radius 2 is 1.71 bits per heavy atom. The van der Waals surface area contributed by atoms with Crippen LogP contribution in [0.3, 0.4) is 0 Å². The van der Waals surface area contributed by atoms with E-state index < -0.39 is 5.60 Å². The third kappa shape index (κ3) is 4.97. The second-order valence-corrected chi connectivity index (χ2v) is 6.94. The molecule has 0 aromatic heterocycles. The normalized spacial score (nSPS) is 17.2. The first-order chi connectivity index (χ1) is 11.2. The van der Waals surface area contributed by atoms with Crippen molar-refractivity contribution in [3.8, 4) is 0 Å². The summed E-state index contributed by atoms with van der Waals surface area (Å²) >= 11 is 6.16. The fourth-order valence-corrected chi connectivity index (χ4v) is 3.59. The molecule has 130 valence electrons. The molecule has 1 N–H and O–H groups in total. The number of hydrogen-bond acceptors (Lipinski definition) is 2. The molecular formula is C20H25Cl2NO. The monoisotopic (exact) mass is 365 g/mol. The second kappa shape index (κ2) is 8.87. The van der Waals surface area contributed by atoms with Crippen molar-refractivity contribution in [3.63, 3.8) is 0 Å². The third-order valence-electron chi connectivity index (χ3n) is 4.74. The zero-order chi connectivity index (χ0) is 16.1. The second-order valence-electron chi connectivity index (χ2n) is 6.50. The van der Waals surface area contributed by atoms with Gasteiger partial charge < -0.3 is 10.0 Å². The lowest BCUT2D eigenvalue weighted by Crippen LogP contribution is -2.34. The molecule has 0 bridgehead atoms. The van der Waals surface area contributed by atoms with Crippen LogP contribution < -0.4 is 0 Å². The van der Waals surface area contributed by atoms with Crippen LogP contribution in [0.5, 0.6) is 0 Å². The van der Waals surface area contributed by atoms with E-state index in [0.29, 0.717) is 11.4 Å². The zero-order valence-electron chi connectivity index (χ0n) is 13.8. The Bertz CT molecular complexity index is 629. The zero-order valence-corrected chi connectivity index (χ0v) is 15.4. The first kappa shape index (κ1) is 19.3. The summed E-state index contributed by atoms with van der Waals surface area (Å²) in [5.74, 6) is 0. The smallest absolute Gasteiger partial charge is 0.0949 e. The SMILES string of the molecule is Cl.OC(CCN1CCCC1)(Cc1ccccc1)c1cccc(Cl)c1. The first-order valence-corrected chi connectivity index (χ1v) is 8.78. The van der Waals surface area contributed by atoms with Crippen LogP contribution in [0.2, 0.25) is 5.02 Å². The molecule has 0 saturated carbocycles. The van der Waals surface area contributed by atoms with Gasteiger partial charge in [-0.1, -0.05) is 54.1 Å². The molecule has 4 heteroatoms. The molecule has 1 fully saturated rings. The molecule has 2 aromatic rings. The minimum atomic E-state index is -0.880. The molecule has 1 unspecified atom stereocenters. The van der Waals surface area contributed by atoms with E-state index in [9.17, 15) is 5.11 Å². The van der Waals surface area contributed by atoms with E-state index in [-0.39, 0.29) is 12.4 Å². The summed E-state index contributed by atoms with van der Waals surface area (Å²) < 4.78 is 0. The van der Waals surface area contributed by atoms with Crippen molar-refractivity contribution in [2.45, 2.75) is 31.3 Å². The summed E-state index contributed by atoms with van der Waals surface area (Å²) in [5.41, 5.74) is 1.18. The van der Waals surface area contributed by atoms with Crippen molar-refractivity contribution in [3.05, 3.63) is 70.7 Å². The highest BCUT2D eigenvalue weighted by atomic mass is 35.5. The van der Waals surface area contributed by atoms with Gasteiger partial charge in [-0.15, -0.1) is 12.4 Å². The maximum absolute atomic E-state index is 11.4. The van der Waals surface area contributed by atoms with E-state index >= 15 is 0 Å². The number of nitrogens with zero attached hydrogens (tertiary/aromatic N) is 1. The van der Waals surface area contributed by atoms with Gasteiger partial charge in [-0.2, -0.15) is 0 Å². The fraction of sp³-hybridized carbons (Fsp3) is 0.400. The predicted molar refractivity (Wildman–Crippen MR) is 103 cm³/mol. The van der Waals surface area contributed by atoms with E-state index in [1.807, 2.05) is 42.5 Å². The Morgan fingerprint density at radius 1 is 1.00 bits per heavy atom. The Balaban J connectivity index is 0.00000208. The molecular weight excluding hydrogens is 341 g/mol. The summed E-state index contributed by atoms with van der Waals surface area (Å²) in [5, 5.41) is 12.1. The summed E-state index contributed by atoms with van der Waals surface area (Å²) in [6.45, 7) is 3.23. The van der Waals surface area contributed by atoms with E-state index in [1.54, 1.807) is 0 Å². The molecule has 2 aromatic carbocycles. The number of aliphatic hydroxyl groups is 1. The molecule has 24 heavy (non-hydrogen) atoms. The van der Waals surface area contributed by atoms with Crippen LogP contribution in [0.15, 0.2) is 54.6 Å². The number of hydrogen-bond donors (Lipinski definition) is 1. The van der Waals surface area contributed by atoms with Crippen LogP contribution in [0, 0.1) is 0 Å². The van der Waals surface area contributed by atoms with Gasteiger partial charge in [-0.25, -0.2) is 0 Å². The van der Waals surface area contributed by atoms with Crippen LogP contribution in [-0.4, -0.2) is 29.6 Å². The number of rotatable bonds is 6. The molecule has 1 heterocycles. The molecule has 0 radical (unpaired) electrons. The molecule has 1 aliphatic heterocycles. The van der Waals surface area contributed by atoms with E-state index in [4.69, 9.17) is 11.6 Å². The number of benzene rings is 2. The largest absolute Gasteiger partial charge is 0.385 e. The van der Waals surface area contributed by atoms with Gasteiger partial charge in [0.25, 0.3) is 0 Å². The lowest BCUT2D eigenvalue weighted by Gasteiger charge is -2.31. The van der Waals surface area contributed by atoms with Gasteiger partial charge in [-0.3, -0.25) is 0 Å². The third-order valence-corrected chi connectivity index (χ3v) is 4.98. The molecule has 1 aliphatic rings. The highest BCUT2D eigenvalue weighted by Crippen LogP contribution is 2.31. The summed E-state index contributed by atoms with van der Waals surface area (Å²) in [6.07, 6.45) is 3.88. The maximum Gasteiger partial charge on any atom is 0.0949 e. The van der Waals surface area contributed by atoms with Gasteiger partial charge >= 0.3 is 0 Å². The van der Waals surface area contributed by atoms with Gasteiger partial charge in [0.1, 0.15) is 0 Å². The van der Waals surface area contributed by atoms with Crippen molar-refractivity contribution < 1.29 is 5.11 Å². The lowest BCUT2D eigenvalue weighted by molar-refractivity contribution is 0.0193. The van der Waals surface area contributed by atoms with Crippen molar-refractivity contribution in [1.29, 1.82) is 0 Å². The van der Waals surface area contributed by atoms with Gasteiger partial charge in [0.2, 0.25) is 0 Å². The highest BCUT2D eigenvalue weighted by molar-refractivity contribution is 6.30. The van der Waals surface area contributed by atoms with E-state index in [2.05, 4.69) is 17.0 Å². The van der Waals surface area contributed by atoms with Gasteiger partial charge in [0.15, 0.2) is 0 Å². The van der Waals surface area contributed by atoms with Crippen LogP contribution in [0.1, 0.15) is 30.4 Å². The summed E-state index contributed by atoms with van der Waals surface area (Å²) in [6, 6.07) is 17.9. The van der Waals surface area contributed by atoms with Crippen LogP contribution in [-0.2, 0) is 12.0 Å². The Morgan fingerprint density at radius 3 is 2.38 bits per heavy atom. The van der Waals surface area contributed by atoms with Gasteiger partial charge in [0.05, 0.1) is 5.60 Å². The van der Waals surface area contributed by atoms with Crippen LogP contribution >= 0.6 is 24.0 Å². The minimum Gasteiger partial charge on any atom is -0.385 e. The first-order valence-electron chi connectivity index (χ1n) is 8.40. The molecule has 0 spiro atoms. The van der Waals surface area contributed by atoms with Crippen molar-refractivity contribution in [2.75, 3.05) is 19.6 Å². The predicted octanol–water partition coefficient (Wildman–Crippen LogP) is 4.68. The van der Waals surface area contributed by atoms with Gasteiger partial charge in [0, 0.05) is 18.0 Å². The van der Waals surface area contributed by atoms with Crippen molar-refractivity contribution in [1.82, 2.24) is 4.90 Å². The van der Waals surface area contributed by atoms with Gasteiger partial charge in [-0.05, 0) is 55.6 Å². The molecule has 1 atom stereocenters. The minimum absolute atomic E-state index is 0. The Kier molecular flexibility index (Phi) is 7.12. The van der Waals surface area contributed by atoms with Crippen molar-refractivity contribution >= 4 is 24.0 Å². The lowest BCUT2D eigenvalue weighted by atomic mass is 9.84. The summed E-state index contributed by atoms with van der Waals surface area (Å²) in [4.78, 5) is 2.44. The average molecular weight is 366 g/mol. The topological polar surface area (TPSA) is 23.5 Å². The molecule has 3 rings (SSSR count). The number of likely N-dealkylation sites (tertiary alicyclic amines) is 1. The standard InChI is InChI=1S/C20H24ClNO.ClH/c21-19-10-6-9-18(15-19)20(23,11-14-22-12-4-5-13-22)16-17-7-2-1-3-8-17;/h1-3,6-10,15,23H,4-5,11-14,16H2;1H. The number of halogens is 2. The van der Waals surface area contributed by atoms with E-state index in [1.165, 1.54) is 12.8 Å². The van der Waals surface area contributed by atoms with Crippen molar-refractivity contribution in [2.24, 2.45) is 0 Å². The maximum atomic E-state index is 11.4. The average Bonchev–Trinajstić information content (AvgIpc) is 3.07. The molecule has 0 aliphatic carbocycles. The molecule has 2 nitrogen and oxygen atoms in total. The highest BCUT2D eigenvalue weighted by Gasteiger charge is 2.30. The van der Waals surface area contributed by atoms with E-state index in [0.717, 1.165) is 37.2 Å². The molecule has 0 amide bonds. The Hall–Kier alpha value is -1.06. The van der Waals surface area contributed by atoms with Crippen LogP contribution in [0.25, 0.3) is 0 Å². The van der Waals surface area contributed by atoms with Crippen LogP contribution in [0.4, 0.5) is 0 Å². The quantitative estimate of drug-likeness (QED) is 0.803. The Labute approximate surface area is 155 Å². The fourth-order valence-electron chi connectivity index (χ4n) is 3.40.